The van der Waals surface area contributed by atoms with E-state index in [4.69, 9.17) is 9.47 Å². The van der Waals surface area contributed by atoms with Crippen molar-refractivity contribution < 1.29 is 9.47 Å². The highest BCUT2D eigenvalue weighted by molar-refractivity contribution is 5.80. The predicted octanol–water partition coefficient (Wildman–Crippen LogP) is 2.90. The van der Waals surface area contributed by atoms with Crippen LogP contribution in [0.2, 0.25) is 0 Å². The average molecular weight is 319 g/mol. The summed E-state index contributed by atoms with van der Waals surface area (Å²) in [4.78, 5) is 6.75. The Morgan fingerprint density at radius 1 is 1.35 bits per heavy atom. The second-order valence-electron chi connectivity index (χ2n) is 6.65. The maximum Gasteiger partial charge on any atom is 0.193 e. The highest BCUT2D eigenvalue weighted by atomic mass is 16.5. The first kappa shape index (κ1) is 17.4. The SMILES string of the molecule is CCOc1cc(CNC(=NC)N2CCC(C)(C)C2)ccc1OC. The summed E-state index contributed by atoms with van der Waals surface area (Å²) in [5, 5.41) is 3.45. The molecule has 23 heavy (non-hydrogen) atoms. The van der Waals surface area contributed by atoms with Gasteiger partial charge < -0.3 is 19.7 Å². The zero-order valence-corrected chi connectivity index (χ0v) is 15.0. The minimum Gasteiger partial charge on any atom is -0.493 e. The molecule has 1 aromatic rings. The first-order valence-electron chi connectivity index (χ1n) is 8.24. The summed E-state index contributed by atoms with van der Waals surface area (Å²) in [7, 11) is 3.50. The lowest BCUT2D eigenvalue weighted by atomic mass is 9.93. The average Bonchev–Trinajstić information content (AvgIpc) is 2.88. The molecule has 1 N–H and O–H groups in total. The molecule has 1 aliphatic heterocycles. The number of benzene rings is 1. The molecular weight excluding hydrogens is 290 g/mol. The van der Waals surface area contributed by atoms with Crippen LogP contribution in [0.5, 0.6) is 11.5 Å². The molecule has 0 aromatic heterocycles. The Bertz CT molecular complexity index is 555. The lowest BCUT2D eigenvalue weighted by Crippen LogP contribution is -2.40. The first-order chi connectivity index (χ1) is 11.0. The third-order valence-electron chi connectivity index (χ3n) is 4.17. The Morgan fingerprint density at radius 2 is 2.13 bits per heavy atom. The number of nitrogens with zero attached hydrogens (tertiary/aromatic N) is 2. The molecule has 5 heteroatoms. The van der Waals surface area contributed by atoms with Gasteiger partial charge in [0, 0.05) is 26.7 Å². The molecule has 0 radical (unpaired) electrons. The zero-order chi connectivity index (χ0) is 16.9. The molecule has 2 rings (SSSR count). The highest BCUT2D eigenvalue weighted by Gasteiger charge is 2.30. The van der Waals surface area contributed by atoms with E-state index in [2.05, 4.69) is 35.1 Å². The van der Waals surface area contributed by atoms with Crippen molar-refractivity contribution >= 4 is 5.96 Å². The Labute approximate surface area is 139 Å². The summed E-state index contributed by atoms with van der Waals surface area (Å²) in [6, 6.07) is 6.02. The predicted molar refractivity (Wildman–Crippen MR) is 94.3 cm³/mol. The van der Waals surface area contributed by atoms with Crippen LogP contribution >= 0.6 is 0 Å². The minimum absolute atomic E-state index is 0.361. The molecule has 1 heterocycles. The summed E-state index contributed by atoms with van der Waals surface area (Å²) in [6.07, 6.45) is 1.20. The van der Waals surface area contributed by atoms with Crippen molar-refractivity contribution in [2.24, 2.45) is 10.4 Å². The van der Waals surface area contributed by atoms with E-state index in [-0.39, 0.29) is 0 Å². The van der Waals surface area contributed by atoms with Crippen LogP contribution in [-0.4, -0.2) is 44.7 Å². The van der Waals surface area contributed by atoms with Gasteiger partial charge in [-0.25, -0.2) is 0 Å². The molecule has 5 nitrogen and oxygen atoms in total. The largest absolute Gasteiger partial charge is 0.493 e. The van der Waals surface area contributed by atoms with Gasteiger partial charge in [0.1, 0.15) is 0 Å². The van der Waals surface area contributed by atoms with Gasteiger partial charge in [-0.2, -0.15) is 0 Å². The lowest BCUT2D eigenvalue weighted by molar-refractivity contribution is 0.310. The van der Waals surface area contributed by atoms with E-state index in [9.17, 15) is 0 Å². The molecule has 0 saturated carbocycles. The van der Waals surface area contributed by atoms with E-state index in [0.29, 0.717) is 18.6 Å². The van der Waals surface area contributed by atoms with Crippen molar-refractivity contribution in [2.75, 3.05) is 33.9 Å². The van der Waals surface area contributed by atoms with E-state index in [1.165, 1.54) is 6.42 Å². The third kappa shape index (κ3) is 4.53. The summed E-state index contributed by atoms with van der Waals surface area (Å²) in [5.74, 6) is 2.51. The van der Waals surface area contributed by atoms with Crippen LogP contribution < -0.4 is 14.8 Å². The molecule has 0 bridgehead atoms. The van der Waals surface area contributed by atoms with E-state index < -0.39 is 0 Å². The van der Waals surface area contributed by atoms with Gasteiger partial charge in [-0.15, -0.1) is 0 Å². The fourth-order valence-electron chi connectivity index (χ4n) is 2.91. The molecule has 1 aromatic carbocycles. The smallest absolute Gasteiger partial charge is 0.193 e. The number of aliphatic imine (C=N–C) groups is 1. The number of guanidine groups is 1. The normalized spacial score (nSPS) is 17.3. The Kier molecular flexibility index (Phi) is 5.74. The van der Waals surface area contributed by atoms with Crippen molar-refractivity contribution in [3.63, 3.8) is 0 Å². The van der Waals surface area contributed by atoms with Gasteiger partial charge >= 0.3 is 0 Å². The molecule has 128 valence electrons. The van der Waals surface area contributed by atoms with Crippen molar-refractivity contribution in [3.8, 4) is 11.5 Å². The number of ether oxygens (including phenoxy) is 2. The summed E-state index contributed by atoms with van der Waals surface area (Å²) < 4.78 is 11.0. The number of hydrogen-bond acceptors (Lipinski definition) is 3. The van der Waals surface area contributed by atoms with E-state index >= 15 is 0 Å². The van der Waals surface area contributed by atoms with Gasteiger partial charge in [0.2, 0.25) is 0 Å². The van der Waals surface area contributed by atoms with Crippen molar-refractivity contribution in [1.29, 1.82) is 0 Å². The molecule has 0 unspecified atom stereocenters. The van der Waals surface area contributed by atoms with Crippen LogP contribution in [0.3, 0.4) is 0 Å². The number of methoxy groups -OCH3 is 1. The molecule has 0 aliphatic carbocycles. The van der Waals surface area contributed by atoms with Crippen LogP contribution in [0.15, 0.2) is 23.2 Å². The topological polar surface area (TPSA) is 46.1 Å². The van der Waals surface area contributed by atoms with Gasteiger partial charge in [-0.05, 0) is 36.5 Å². The fraction of sp³-hybridized carbons (Fsp3) is 0.611. The molecule has 0 amide bonds. The van der Waals surface area contributed by atoms with E-state index in [1.807, 2.05) is 26.1 Å². The van der Waals surface area contributed by atoms with Gasteiger partial charge in [0.15, 0.2) is 17.5 Å². The number of hydrogen-bond donors (Lipinski definition) is 1. The van der Waals surface area contributed by atoms with Crippen LogP contribution in [-0.2, 0) is 6.54 Å². The van der Waals surface area contributed by atoms with Crippen LogP contribution in [0.1, 0.15) is 32.8 Å². The summed E-state index contributed by atoms with van der Waals surface area (Å²) >= 11 is 0. The van der Waals surface area contributed by atoms with E-state index in [0.717, 1.165) is 36.1 Å². The minimum atomic E-state index is 0.361. The molecule has 1 fully saturated rings. The molecule has 0 spiro atoms. The highest BCUT2D eigenvalue weighted by Crippen LogP contribution is 2.29. The van der Waals surface area contributed by atoms with Gasteiger partial charge in [0.25, 0.3) is 0 Å². The molecular formula is C18H29N3O2. The van der Waals surface area contributed by atoms with Crippen LogP contribution in [0, 0.1) is 5.41 Å². The second-order valence-corrected chi connectivity index (χ2v) is 6.65. The Morgan fingerprint density at radius 3 is 2.70 bits per heavy atom. The standard InChI is InChI=1S/C18H29N3O2/c1-6-23-16-11-14(7-8-15(16)22-5)12-20-17(19-4)21-10-9-18(2,3)13-21/h7-8,11H,6,9-10,12-13H2,1-5H3,(H,19,20). The number of likely N-dealkylation sites (tertiary alicyclic amines) is 1. The van der Waals surface area contributed by atoms with Crippen LogP contribution in [0.25, 0.3) is 0 Å². The van der Waals surface area contributed by atoms with Gasteiger partial charge in [-0.1, -0.05) is 19.9 Å². The van der Waals surface area contributed by atoms with E-state index in [1.54, 1.807) is 7.11 Å². The Balaban J connectivity index is 2.00. The molecule has 1 aliphatic rings. The Hall–Kier alpha value is -1.91. The maximum atomic E-state index is 5.64. The van der Waals surface area contributed by atoms with Crippen molar-refractivity contribution in [2.45, 2.75) is 33.7 Å². The van der Waals surface area contributed by atoms with Gasteiger partial charge in [0.05, 0.1) is 13.7 Å². The monoisotopic (exact) mass is 319 g/mol. The van der Waals surface area contributed by atoms with Crippen molar-refractivity contribution in [1.82, 2.24) is 10.2 Å². The molecule has 1 saturated heterocycles. The van der Waals surface area contributed by atoms with Crippen molar-refractivity contribution in [3.05, 3.63) is 23.8 Å². The zero-order valence-electron chi connectivity index (χ0n) is 15.0. The number of nitrogens with one attached hydrogen (secondary N) is 1. The fourth-order valence-corrected chi connectivity index (χ4v) is 2.91. The van der Waals surface area contributed by atoms with Crippen LogP contribution in [0.4, 0.5) is 0 Å². The third-order valence-corrected chi connectivity index (χ3v) is 4.17. The second kappa shape index (κ2) is 7.57. The van der Waals surface area contributed by atoms with Gasteiger partial charge in [-0.3, -0.25) is 4.99 Å². The maximum absolute atomic E-state index is 5.64. The quantitative estimate of drug-likeness (QED) is 0.669. The summed E-state index contributed by atoms with van der Waals surface area (Å²) in [5.41, 5.74) is 1.51. The molecule has 0 atom stereocenters. The first-order valence-corrected chi connectivity index (χ1v) is 8.24. The lowest BCUT2D eigenvalue weighted by Gasteiger charge is -2.23. The number of rotatable bonds is 5. The summed E-state index contributed by atoms with van der Waals surface area (Å²) in [6.45, 7) is 10.0.